The Kier molecular flexibility index (Phi) is 3.80. The van der Waals surface area contributed by atoms with Gasteiger partial charge >= 0.3 is 0 Å². The number of benzene rings is 1. The quantitative estimate of drug-likeness (QED) is 0.750. The Labute approximate surface area is 88.6 Å². The zero-order chi connectivity index (χ0) is 11.3. The van der Waals surface area contributed by atoms with Crippen molar-refractivity contribution in [2.45, 2.75) is 13.3 Å². The number of amides is 1. The molecular formula is C12H13NO2. The second kappa shape index (κ2) is 5.10. The van der Waals surface area contributed by atoms with Gasteiger partial charge in [-0.15, -0.1) is 0 Å². The van der Waals surface area contributed by atoms with Crippen LogP contribution in [0.2, 0.25) is 0 Å². The number of Topliss-reactive ketones (excluding diaryl/α,β-unsaturated/α-hetero) is 1. The van der Waals surface area contributed by atoms with Crippen LogP contribution in [0.4, 0.5) is 0 Å². The van der Waals surface area contributed by atoms with Crippen LogP contribution in [-0.2, 0) is 16.0 Å². The average Bonchev–Trinajstić information content (AvgIpc) is 2.16. The molecule has 0 aliphatic heterocycles. The second-order valence-corrected chi connectivity index (χ2v) is 3.36. The van der Waals surface area contributed by atoms with Gasteiger partial charge in [0.2, 0.25) is 5.91 Å². The third kappa shape index (κ3) is 4.22. The topological polar surface area (TPSA) is 60.2 Å². The molecule has 1 aromatic rings. The minimum Gasteiger partial charge on any atom is -0.366 e. The summed E-state index contributed by atoms with van der Waals surface area (Å²) in [5, 5.41) is 0. The number of hydrogen-bond acceptors (Lipinski definition) is 2. The number of nitrogens with two attached hydrogens (primary N) is 1. The fourth-order valence-corrected chi connectivity index (χ4v) is 1.21. The van der Waals surface area contributed by atoms with Crippen LogP contribution in [0, 0.1) is 0 Å². The van der Waals surface area contributed by atoms with Gasteiger partial charge in [-0.25, -0.2) is 0 Å². The first-order valence-electron chi connectivity index (χ1n) is 4.64. The Morgan fingerprint density at radius 3 is 2.33 bits per heavy atom. The van der Waals surface area contributed by atoms with Gasteiger partial charge in [0, 0.05) is 12.5 Å². The summed E-state index contributed by atoms with van der Waals surface area (Å²) in [5.41, 5.74) is 6.83. The van der Waals surface area contributed by atoms with E-state index in [0.717, 1.165) is 11.1 Å². The van der Waals surface area contributed by atoms with Crippen molar-refractivity contribution < 1.29 is 9.59 Å². The molecule has 3 heteroatoms. The molecule has 0 spiro atoms. The van der Waals surface area contributed by atoms with E-state index in [-0.39, 0.29) is 5.78 Å². The molecule has 0 atom stereocenters. The van der Waals surface area contributed by atoms with Gasteiger partial charge in [0.25, 0.3) is 0 Å². The second-order valence-electron chi connectivity index (χ2n) is 3.36. The van der Waals surface area contributed by atoms with Crippen molar-refractivity contribution in [2.75, 3.05) is 0 Å². The van der Waals surface area contributed by atoms with Gasteiger partial charge in [0.15, 0.2) is 0 Å². The van der Waals surface area contributed by atoms with Gasteiger partial charge < -0.3 is 5.73 Å². The zero-order valence-electron chi connectivity index (χ0n) is 8.57. The molecule has 2 N–H and O–H groups in total. The van der Waals surface area contributed by atoms with Gasteiger partial charge in [-0.2, -0.15) is 0 Å². The summed E-state index contributed by atoms with van der Waals surface area (Å²) >= 11 is 0. The monoisotopic (exact) mass is 203 g/mol. The predicted octanol–water partition coefficient (Wildman–Crippen LogP) is 1.32. The molecule has 0 aliphatic carbocycles. The van der Waals surface area contributed by atoms with Crippen molar-refractivity contribution in [1.29, 1.82) is 0 Å². The van der Waals surface area contributed by atoms with Crippen molar-refractivity contribution in [3.63, 3.8) is 0 Å². The molecule has 3 nitrogen and oxygen atoms in total. The maximum Gasteiger partial charge on any atom is 0.241 e. The summed E-state index contributed by atoms with van der Waals surface area (Å²) in [7, 11) is 0. The molecule has 1 rings (SSSR count). The lowest BCUT2D eigenvalue weighted by molar-refractivity contribution is -0.116. The van der Waals surface area contributed by atoms with Crippen LogP contribution in [-0.4, -0.2) is 11.7 Å². The molecule has 15 heavy (non-hydrogen) atoms. The van der Waals surface area contributed by atoms with Crippen molar-refractivity contribution in [1.82, 2.24) is 0 Å². The highest BCUT2D eigenvalue weighted by atomic mass is 16.1. The highest BCUT2D eigenvalue weighted by Gasteiger charge is 1.96. The minimum atomic E-state index is -0.470. The van der Waals surface area contributed by atoms with Crippen LogP contribution in [0.1, 0.15) is 18.1 Å². The molecule has 0 aromatic heterocycles. The first-order valence-corrected chi connectivity index (χ1v) is 4.64. The number of primary amides is 1. The summed E-state index contributed by atoms with van der Waals surface area (Å²) in [6, 6.07) is 7.42. The largest absolute Gasteiger partial charge is 0.366 e. The maximum absolute atomic E-state index is 10.8. The number of hydrogen-bond donors (Lipinski definition) is 1. The Balaban J connectivity index is 2.72. The van der Waals surface area contributed by atoms with Crippen LogP contribution >= 0.6 is 0 Å². The van der Waals surface area contributed by atoms with Crippen LogP contribution in [0.5, 0.6) is 0 Å². The van der Waals surface area contributed by atoms with E-state index >= 15 is 0 Å². The Morgan fingerprint density at radius 2 is 1.87 bits per heavy atom. The number of rotatable bonds is 4. The molecule has 0 saturated heterocycles. The minimum absolute atomic E-state index is 0.135. The predicted molar refractivity (Wildman–Crippen MR) is 59.1 cm³/mol. The Morgan fingerprint density at radius 1 is 1.27 bits per heavy atom. The molecule has 0 radical (unpaired) electrons. The van der Waals surface area contributed by atoms with Crippen molar-refractivity contribution in [3.05, 3.63) is 41.5 Å². The summed E-state index contributed by atoms with van der Waals surface area (Å²) in [4.78, 5) is 21.3. The smallest absolute Gasteiger partial charge is 0.241 e. The molecule has 0 fully saturated rings. The third-order valence-electron chi connectivity index (χ3n) is 1.87. The molecule has 0 unspecified atom stereocenters. The summed E-state index contributed by atoms with van der Waals surface area (Å²) in [6.45, 7) is 1.56. The molecule has 1 aromatic carbocycles. The molecule has 78 valence electrons. The van der Waals surface area contributed by atoms with Gasteiger partial charge in [0.05, 0.1) is 0 Å². The molecular weight excluding hydrogens is 190 g/mol. The van der Waals surface area contributed by atoms with E-state index in [1.807, 2.05) is 24.3 Å². The SMILES string of the molecule is CC(=O)Cc1ccc(C=CC(N)=O)cc1. The molecule has 1 amide bonds. The van der Waals surface area contributed by atoms with Crippen molar-refractivity contribution >= 4 is 17.8 Å². The highest BCUT2D eigenvalue weighted by Crippen LogP contribution is 2.07. The van der Waals surface area contributed by atoms with Gasteiger partial charge in [0.1, 0.15) is 5.78 Å². The lowest BCUT2D eigenvalue weighted by Crippen LogP contribution is -2.05. The number of carbonyl (C=O) groups excluding carboxylic acids is 2. The van der Waals surface area contributed by atoms with Crippen LogP contribution in [0.25, 0.3) is 6.08 Å². The third-order valence-corrected chi connectivity index (χ3v) is 1.87. The molecule has 0 bridgehead atoms. The fraction of sp³-hybridized carbons (Fsp3) is 0.167. The van der Waals surface area contributed by atoms with E-state index in [0.29, 0.717) is 6.42 Å². The van der Waals surface area contributed by atoms with E-state index in [1.54, 1.807) is 13.0 Å². The highest BCUT2D eigenvalue weighted by molar-refractivity contribution is 5.90. The Bertz CT molecular complexity index is 391. The van der Waals surface area contributed by atoms with Gasteiger partial charge in [-0.3, -0.25) is 9.59 Å². The molecule has 0 heterocycles. The van der Waals surface area contributed by atoms with Crippen molar-refractivity contribution in [3.8, 4) is 0 Å². The van der Waals surface area contributed by atoms with E-state index in [9.17, 15) is 9.59 Å². The van der Waals surface area contributed by atoms with E-state index in [1.165, 1.54) is 6.08 Å². The Hall–Kier alpha value is -1.90. The van der Waals surface area contributed by atoms with E-state index < -0.39 is 5.91 Å². The number of carbonyl (C=O) groups is 2. The summed E-state index contributed by atoms with van der Waals surface area (Å²) in [6.07, 6.45) is 3.39. The first kappa shape index (κ1) is 11.2. The average molecular weight is 203 g/mol. The summed E-state index contributed by atoms with van der Waals surface area (Å²) < 4.78 is 0. The lowest BCUT2D eigenvalue weighted by atomic mass is 10.1. The van der Waals surface area contributed by atoms with Crippen molar-refractivity contribution in [2.24, 2.45) is 5.73 Å². The molecule has 0 saturated carbocycles. The maximum atomic E-state index is 10.8. The van der Waals surface area contributed by atoms with Crippen LogP contribution < -0.4 is 5.73 Å². The van der Waals surface area contributed by atoms with Crippen LogP contribution in [0.3, 0.4) is 0 Å². The number of ketones is 1. The van der Waals surface area contributed by atoms with Gasteiger partial charge in [-0.1, -0.05) is 24.3 Å². The zero-order valence-corrected chi connectivity index (χ0v) is 8.57. The standard InChI is InChI=1S/C12H13NO2/c1-9(14)8-11-4-2-10(3-5-11)6-7-12(13)15/h2-7H,8H2,1H3,(H2,13,15). The van der Waals surface area contributed by atoms with E-state index in [4.69, 9.17) is 5.73 Å². The lowest BCUT2D eigenvalue weighted by Gasteiger charge is -1.98. The van der Waals surface area contributed by atoms with Gasteiger partial charge in [-0.05, 0) is 24.1 Å². The normalized spacial score (nSPS) is 10.5. The van der Waals surface area contributed by atoms with E-state index in [2.05, 4.69) is 0 Å². The summed E-state index contributed by atoms with van der Waals surface area (Å²) in [5.74, 6) is -0.335. The van der Waals surface area contributed by atoms with Crippen LogP contribution in [0.15, 0.2) is 30.3 Å². The first-order chi connectivity index (χ1) is 7.08. The fourth-order valence-electron chi connectivity index (χ4n) is 1.21. The molecule has 0 aliphatic rings.